The number of amides is 1. The van der Waals surface area contributed by atoms with Crippen LogP contribution in [0.4, 0.5) is 4.79 Å². The Morgan fingerprint density at radius 2 is 1.80 bits per heavy atom. The van der Waals surface area contributed by atoms with Crippen molar-refractivity contribution in [1.29, 1.82) is 0 Å². The van der Waals surface area contributed by atoms with Gasteiger partial charge in [0, 0.05) is 6.42 Å². The van der Waals surface area contributed by atoms with Crippen LogP contribution >= 0.6 is 11.8 Å². The average molecular weight is 486 g/mol. The van der Waals surface area contributed by atoms with Crippen molar-refractivity contribution in [3.63, 3.8) is 0 Å². The molecule has 5 rings (SSSR count). The number of hydrogen-bond donors (Lipinski definition) is 1. The van der Waals surface area contributed by atoms with Crippen LogP contribution in [0.15, 0.2) is 87.8 Å². The molecule has 0 aliphatic carbocycles. The summed E-state index contributed by atoms with van der Waals surface area (Å²) in [6.07, 6.45) is 2.52. The molecular formula is C27H23N3O4S. The molecule has 0 spiro atoms. The zero-order chi connectivity index (χ0) is 24.4. The molecule has 3 aromatic carbocycles. The molecule has 2 aliphatic rings. The van der Waals surface area contributed by atoms with Crippen LogP contribution < -0.4 is 9.47 Å². The van der Waals surface area contributed by atoms with Gasteiger partial charge in [0.05, 0.1) is 30.9 Å². The van der Waals surface area contributed by atoms with Crippen molar-refractivity contribution in [2.24, 2.45) is 10.1 Å². The Morgan fingerprint density at radius 3 is 2.51 bits per heavy atom. The molecule has 7 nitrogen and oxygen atoms in total. The number of carbonyl (C=O) groups is 1. The third-order valence-corrected chi connectivity index (χ3v) is 6.64. The minimum absolute atomic E-state index is 0.0508. The average Bonchev–Trinajstić information content (AvgIpc) is 3.49. The molecular weight excluding hydrogens is 462 g/mol. The predicted molar refractivity (Wildman–Crippen MR) is 138 cm³/mol. The summed E-state index contributed by atoms with van der Waals surface area (Å²) < 4.78 is 10.6. The highest BCUT2D eigenvalue weighted by Gasteiger charge is 2.36. The molecule has 35 heavy (non-hydrogen) atoms. The van der Waals surface area contributed by atoms with Crippen LogP contribution in [0.2, 0.25) is 0 Å². The first-order valence-electron chi connectivity index (χ1n) is 11.0. The van der Waals surface area contributed by atoms with Crippen molar-refractivity contribution < 1.29 is 19.4 Å². The molecule has 8 heteroatoms. The molecule has 0 bridgehead atoms. The number of hydrogen-bond acceptors (Lipinski definition) is 7. The van der Waals surface area contributed by atoms with Gasteiger partial charge in [0.2, 0.25) is 0 Å². The topological polar surface area (TPSA) is 83.7 Å². The van der Waals surface area contributed by atoms with Gasteiger partial charge < -0.3 is 14.6 Å². The number of phenols is 1. The van der Waals surface area contributed by atoms with E-state index in [2.05, 4.69) is 4.99 Å². The Labute approximate surface area is 207 Å². The Hall–Kier alpha value is -4.04. The third kappa shape index (κ3) is 4.65. The van der Waals surface area contributed by atoms with Crippen molar-refractivity contribution >= 4 is 34.6 Å². The molecule has 2 heterocycles. The molecule has 0 saturated carbocycles. The highest BCUT2D eigenvalue weighted by atomic mass is 32.2. The maximum atomic E-state index is 12.4. The monoisotopic (exact) mass is 485 g/mol. The summed E-state index contributed by atoms with van der Waals surface area (Å²) in [5.41, 5.74) is 3.76. The van der Waals surface area contributed by atoms with E-state index < -0.39 is 0 Å². The fourth-order valence-corrected chi connectivity index (χ4v) is 4.84. The highest BCUT2D eigenvalue weighted by molar-refractivity contribution is 8.18. The summed E-state index contributed by atoms with van der Waals surface area (Å²) in [5, 5.41) is 16.4. The van der Waals surface area contributed by atoms with Crippen LogP contribution in [0.3, 0.4) is 0 Å². The Morgan fingerprint density at radius 1 is 1.03 bits per heavy atom. The normalized spacial score (nSPS) is 18.6. The van der Waals surface area contributed by atoms with Crippen LogP contribution in [0.25, 0.3) is 6.08 Å². The van der Waals surface area contributed by atoms with E-state index in [1.807, 2.05) is 65.7 Å². The Kier molecular flexibility index (Phi) is 6.29. The van der Waals surface area contributed by atoms with Gasteiger partial charge in [-0.05, 0) is 58.8 Å². The predicted octanol–water partition coefficient (Wildman–Crippen LogP) is 5.87. The van der Waals surface area contributed by atoms with Crippen molar-refractivity contribution in [2.45, 2.75) is 12.5 Å². The molecule has 1 amide bonds. The number of carbonyl (C=O) groups excluding carboxylic acids is 1. The van der Waals surface area contributed by atoms with E-state index in [-0.39, 0.29) is 17.0 Å². The fraction of sp³-hybridized carbons (Fsp3) is 0.148. The fourth-order valence-electron chi connectivity index (χ4n) is 4.09. The lowest BCUT2D eigenvalue weighted by Gasteiger charge is -2.24. The lowest BCUT2D eigenvalue weighted by Crippen LogP contribution is -2.26. The summed E-state index contributed by atoms with van der Waals surface area (Å²) in [5.74, 6) is 1.68. The second kappa shape index (κ2) is 9.68. The summed E-state index contributed by atoms with van der Waals surface area (Å²) in [6, 6.07) is 22.8. The second-order valence-electron chi connectivity index (χ2n) is 7.99. The first kappa shape index (κ1) is 22.7. The van der Waals surface area contributed by atoms with E-state index in [0.29, 0.717) is 22.9 Å². The first-order valence-corrected chi connectivity index (χ1v) is 11.8. The molecule has 0 radical (unpaired) electrons. The first-order chi connectivity index (χ1) is 17.1. The van der Waals surface area contributed by atoms with Crippen molar-refractivity contribution in [3.05, 3.63) is 94.4 Å². The number of nitrogens with zero attached hydrogens (tertiary/aromatic N) is 3. The van der Waals surface area contributed by atoms with Gasteiger partial charge in [-0.3, -0.25) is 4.79 Å². The molecule has 2 aliphatic heterocycles. The van der Waals surface area contributed by atoms with Crippen molar-refractivity contribution in [2.75, 3.05) is 14.2 Å². The number of hydrazone groups is 1. The van der Waals surface area contributed by atoms with Crippen LogP contribution in [0.5, 0.6) is 17.2 Å². The number of methoxy groups -OCH3 is 2. The minimum atomic E-state index is -0.297. The highest BCUT2D eigenvalue weighted by Crippen LogP contribution is 2.40. The van der Waals surface area contributed by atoms with Gasteiger partial charge in [-0.25, -0.2) is 5.01 Å². The summed E-state index contributed by atoms with van der Waals surface area (Å²) in [4.78, 5) is 17.5. The van der Waals surface area contributed by atoms with Gasteiger partial charge in [-0.2, -0.15) is 10.1 Å². The molecule has 1 atom stereocenters. The van der Waals surface area contributed by atoms with Gasteiger partial charge in [0.25, 0.3) is 0 Å². The SMILES string of the molecule is COc1ccc(C2CC(c3ccccc3)=NN2C2=NC(=O)S/C2=C\c2ccc(O)c(OC)c2)cc1. The number of benzene rings is 3. The molecule has 0 fully saturated rings. The molecule has 0 aromatic heterocycles. The zero-order valence-corrected chi connectivity index (χ0v) is 20.0. The largest absolute Gasteiger partial charge is 0.504 e. The molecule has 176 valence electrons. The number of phenolic OH excluding ortho intramolecular Hbond substituents is 1. The standard InChI is InChI=1S/C27H23N3O4S/c1-33-20-11-9-19(10-12-20)22-16-21(18-6-4-3-5-7-18)29-30(22)26-25(35-27(32)28-26)15-17-8-13-23(31)24(14-17)34-2/h3-15,22,31H,16H2,1-2H3/b25-15-. The minimum Gasteiger partial charge on any atom is -0.504 e. The Balaban J connectivity index is 1.56. The van der Waals surface area contributed by atoms with Crippen LogP contribution in [0, 0.1) is 0 Å². The van der Waals surface area contributed by atoms with Gasteiger partial charge >= 0.3 is 5.24 Å². The molecule has 1 N–H and O–H groups in total. The summed E-state index contributed by atoms with van der Waals surface area (Å²) in [6.45, 7) is 0. The number of aliphatic imine (C=N–C) groups is 1. The smallest absolute Gasteiger partial charge is 0.311 e. The molecule has 0 saturated heterocycles. The van der Waals surface area contributed by atoms with Gasteiger partial charge in [-0.15, -0.1) is 0 Å². The van der Waals surface area contributed by atoms with Crippen LogP contribution in [-0.4, -0.2) is 41.1 Å². The number of rotatable bonds is 5. The quantitative estimate of drug-likeness (QED) is 0.487. The number of aromatic hydroxyl groups is 1. The third-order valence-electron chi connectivity index (χ3n) is 5.85. The van der Waals surface area contributed by atoms with E-state index in [9.17, 15) is 9.90 Å². The molecule has 1 unspecified atom stereocenters. The molecule has 3 aromatic rings. The lowest BCUT2D eigenvalue weighted by molar-refractivity contribution is 0.267. The number of amidine groups is 1. The number of ether oxygens (including phenoxy) is 2. The lowest BCUT2D eigenvalue weighted by atomic mass is 9.98. The summed E-state index contributed by atoms with van der Waals surface area (Å²) >= 11 is 1.06. The summed E-state index contributed by atoms with van der Waals surface area (Å²) in [7, 11) is 3.13. The van der Waals surface area contributed by atoms with Crippen molar-refractivity contribution in [1.82, 2.24) is 5.01 Å². The van der Waals surface area contributed by atoms with E-state index in [4.69, 9.17) is 14.6 Å². The van der Waals surface area contributed by atoms with E-state index in [0.717, 1.165) is 39.9 Å². The van der Waals surface area contributed by atoms with Gasteiger partial charge in [-0.1, -0.05) is 48.5 Å². The van der Waals surface area contributed by atoms with E-state index >= 15 is 0 Å². The Bertz CT molecular complexity index is 1350. The number of thioether (sulfide) groups is 1. The van der Waals surface area contributed by atoms with Crippen LogP contribution in [-0.2, 0) is 0 Å². The second-order valence-corrected chi connectivity index (χ2v) is 8.99. The van der Waals surface area contributed by atoms with Crippen LogP contribution in [0.1, 0.15) is 29.2 Å². The van der Waals surface area contributed by atoms with E-state index in [1.54, 1.807) is 25.3 Å². The maximum Gasteiger partial charge on any atom is 0.311 e. The van der Waals surface area contributed by atoms with Gasteiger partial charge in [0.15, 0.2) is 17.3 Å². The van der Waals surface area contributed by atoms with Crippen molar-refractivity contribution in [3.8, 4) is 17.2 Å². The maximum absolute atomic E-state index is 12.4. The zero-order valence-electron chi connectivity index (χ0n) is 19.2. The van der Waals surface area contributed by atoms with Gasteiger partial charge in [0.1, 0.15) is 5.75 Å². The van der Waals surface area contributed by atoms with E-state index in [1.165, 1.54) is 7.11 Å².